The summed E-state index contributed by atoms with van der Waals surface area (Å²) in [6.07, 6.45) is 5.74. The Balaban J connectivity index is 1.34. The van der Waals surface area contributed by atoms with E-state index in [0.717, 1.165) is 35.7 Å². The third kappa shape index (κ3) is 5.28. The first-order chi connectivity index (χ1) is 16.3. The Hall–Kier alpha value is -3.26. The highest BCUT2D eigenvalue weighted by atomic mass is 32.2. The van der Waals surface area contributed by atoms with Gasteiger partial charge in [-0.05, 0) is 61.7 Å². The molecule has 1 aliphatic carbocycles. The van der Waals surface area contributed by atoms with Gasteiger partial charge in [-0.25, -0.2) is 8.42 Å². The summed E-state index contributed by atoms with van der Waals surface area (Å²) in [5, 5.41) is 0. The van der Waals surface area contributed by atoms with Gasteiger partial charge in [-0.2, -0.15) is 0 Å². The van der Waals surface area contributed by atoms with Gasteiger partial charge in [0.05, 0.1) is 23.6 Å². The topological polar surface area (TPSA) is 79.0 Å². The van der Waals surface area contributed by atoms with Crippen molar-refractivity contribution < 1.29 is 17.9 Å². The molecule has 1 amide bonds. The number of nitrogens with zero attached hydrogens (tertiary/aromatic N) is 2. The van der Waals surface area contributed by atoms with E-state index in [4.69, 9.17) is 4.74 Å². The highest BCUT2D eigenvalue weighted by Gasteiger charge is 2.28. The molecule has 1 fully saturated rings. The predicted molar refractivity (Wildman–Crippen MR) is 133 cm³/mol. The van der Waals surface area contributed by atoms with E-state index in [1.807, 2.05) is 49.1 Å². The highest BCUT2D eigenvalue weighted by Crippen LogP contribution is 2.29. The molecule has 0 aromatic heterocycles. The molecule has 2 aliphatic rings. The van der Waals surface area contributed by atoms with Crippen molar-refractivity contribution in [1.29, 1.82) is 0 Å². The van der Waals surface area contributed by atoms with Crippen LogP contribution in [-0.4, -0.2) is 52.5 Å². The molecule has 1 atom stereocenters. The summed E-state index contributed by atoms with van der Waals surface area (Å²) >= 11 is 0. The van der Waals surface area contributed by atoms with Gasteiger partial charge in [0, 0.05) is 31.9 Å². The van der Waals surface area contributed by atoms with Crippen molar-refractivity contribution in [2.45, 2.75) is 25.2 Å². The zero-order valence-electron chi connectivity index (χ0n) is 19.8. The fraction of sp³-hybridized carbons (Fsp3) is 0.346. The van der Waals surface area contributed by atoms with Crippen LogP contribution in [-0.2, 0) is 14.8 Å². The lowest BCUT2D eigenvalue weighted by molar-refractivity contribution is -0.134. The van der Waals surface area contributed by atoms with Gasteiger partial charge in [0.15, 0.2) is 0 Å². The maximum absolute atomic E-state index is 13.1. The van der Waals surface area contributed by atoms with Crippen molar-refractivity contribution in [3.05, 3.63) is 77.5 Å². The van der Waals surface area contributed by atoms with Crippen LogP contribution in [0.1, 0.15) is 17.5 Å². The van der Waals surface area contributed by atoms with Gasteiger partial charge in [-0.1, -0.05) is 30.4 Å². The van der Waals surface area contributed by atoms with Crippen molar-refractivity contribution in [3.63, 3.8) is 0 Å². The molecule has 0 spiro atoms. The number of carbonyl (C=O) groups excluding carboxylic acids is 1. The number of anilines is 1. The fourth-order valence-corrected chi connectivity index (χ4v) is 5.74. The van der Waals surface area contributed by atoms with E-state index in [-0.39, 0.29) is 16.7 Å². The number of rotatable bonds is 6. The smallest absolute Gasteiger partial charge is 0.261 e. The minimum absolute atomic E-state index is 0.0726. The molecule has 1 heterocycles. The van der Waals surface area contributed by atoms with Crippen LogP contribution in [0.25, 0.3) is 0 Å². The quantitative estimate of drug-likeness (QED) is 0.684. The maximum Gasteiger partial charge on any atom is 0.261 e. The number of allylic oxidation sites excluding steroid dienone is 2. The molecule has 4 rings (SSSR count). The second-order valence-corrected chi connectivity index (χ2v) is 10.5. The third-order valence-corrected chi connectivity index (χ3v) is 7.55. The van der Waals surface area contributed by atoms with E-state index >= 15 is 0 Å². The van der Waals surface area contributed by atoms with Crippen molar-refractivity contribution in [2.24, 2.45) is 5.92 Å². The molecule has 1 aliphatic heterocycles. The van der Waals surface area contributed by atoms with Crippen LogP contribution >= 0.6 is 0 Å². The van der Waals surface area contributed by atoms with Crippen LogP contribution in [0.3, 0.4) is 0 Å². The van der Waals surface area contributed by atoms with Gasteiger partial charge in [0.2, 0.25) is 5.91 Å². The van der Waals surface area contributed by atoms with Gasteiger partial charge in [0.25, 0.3) is 10.0 Å². The van der Waals surface area contributed by atoms with Crippen molar-refractivity contribution >= 4 is 21.6 Å². The molecule has 2 aromatic carbocycles. The summed E-state index contributed by atoms with van der Waals surface area (Å²) in [6.45, 7) is 6.49. The normalized spacial score (nSPS) is 18.4. The van der Waals surface area contributed by atoms with Crippen LogP contribution in [0.15, 0.2) is 71.3 Å². The van der Waals surface area contributed by atoms with E-state index in [0.29, 0.717) is 25.2 Å². The van der Waals surface area contributed by atoms with E-state index in [2.05, 4.69) is 9.62 Å². The summed E-state index contributed by atoms with van der Waals surface area (Å²) in [5.41, 5.74) is 3.32. The van der Waals surface area contributed by atoms with Gasteiger partial charge in [-0.3, -0.25) is 9.52 Å². The molecular weight excluding hydrogens is 450 g/mol. The van der Waals surface area contributed by atoms with Crippen LogP contribution in [0, 0.1) is 19.8 Å². The Kier molecular flexibility index (Phi) is 6.97. The van der Waals surface area contributed by atoms with Crippen LogP contribution in [0.5, 0.6) is 5.75 Å². The zero-order valence-corrected chi connectivity index (χ0v) is 20.6. The van der Waals surface area contributed by atoms with Crippen molar-refractivity contribution in [3.8, 4) is 5.75 Å². The summed E-state index contributed by atoms with van der Waals surface area (Å²) < 4.78 is 33.7. The largest absolute Gasteiger partial charge is 0.495 e. The number of piperazine rings is 1. The van der Waals surface area contributed by atoms with Crippen LogP contribution < -0.4 is 14.4 Å². The summed E-state index contributed by atoms with van der Waals surface area (Å²) in [4.78, 5) is 17.4. The number of para-hydroxylation sites is 2. The van der Waals surface area contributed by atoms with Crippen molar-refractivity contribution in [1.82, 2.24) is 9.62 Å². The Morgan fingerprint density at radius 3 is 2.32 bits per heavy atom. The first kappa shape index (κ1) is 23.9. The second-order valence-electron chi connectivity index (χ2n) is 8.77. The van der Waals surface area contributed by atoms with Gasteiger partial charge < -0.3 is 14.5 Å². The minimum atomic E-state index is -3.68. The first-order valence-corrected chi connectivity index (χ1v) is 12.9. The lowest BCUT2D eigenvalue weighted by atomic mass is 9.97. The van der Waals surface area contributed by atoms with E-state index in [1.54, 1.807) is 37.5 Å². The molecule has 2 aromatic rings. The third-order valence-electron chi connectivity index (χ3n) is 6.19. The standard InChI is InChI=1S/C26H31N3O4S/c1-19-16-20(2)18-23(17-19)34(31,32)27-22-10-8-21(9-11-22)26(30)29-14-12-28(13-15-29)24-6-4-5-7-25(24)33-3/h4-8,10-11,16-18,21,27H,9,12-15H2,1-3H3. The molecule has 0 bridgehead atoms. The Morgan fingerprint density at radius 2 is 1.71 bits per heavy atom. The number of sulfonamides is 1. The van der Waals surface area contributed by atoms with Gasteiger partial charge >= 0.3 is 0 Å². The average Bonchev–Trinajstić information content (AvgIpc) is 2.83. The number of hydrogen-bond acceptors (Lipinski definition) is 5. The molecule has 7 nitrogen and oxygen atoms in total. The van der Waals surface area contributed by atoms with Crippen molar-refractivity contribution in [2.75, 3.05) is 38.2 Å². The molecule has 1 unspecified atom stereocenters. The molecule has 1 N–H and O–H groups in total. The van der Waals surface area contributed by atoms with Gasteiger partial charge in [0.1, 0.15) is 5.75 Å². The Bertz CT molecular complexity index is 1210. The number of nitrogens with one attached hydrogen (secondary N) is 1. The Morgan fingerprint density at radius 1 is 1.03 bits per heavy atom. The Labute approximate surface area is 201 Å². The average molecular weight is 482 g/mol. The number of carbonyl (C=O) groups is 1. The fourth-order valence-electron chi connectivity index (χ4n) is 4.47. The number of ether oxygens (including phenoxy) is 1. The molecule has 34 heavy (non-hydrogen) atoms. The number of aryl methyl sites for hydroxylation is 2. The van der Waals surface area contributed by atoms with E-state index in [1.165, 1.54) is 0 Å². The minimum Gasteiger partial charge on any atom is -0.495 e. The lowest BCUT2D eigenvalue weighted by Crippen LogP contribution is -2.50. The zero-order chi connectivity index (χ0) is 24.3. The maximum atomic E-state index is 13.1. The summed E-state index contributed by atoms with van der Waals surface area (Å²) in [7, 11) is -2.02. The highest BCUT2D eigenvalue weighted by molar-refractivity contribution is 7.89. The number of benzene rings is 2. The van der Waals surface area contributed by atoms with E-state index in [9.17, 15) is 13.2 Å². The second kappa shape index (κ2) is 9.93. The number of amides is 1. The number of methoxy groups -OCH3 is 1. The molecule has 1 saturated heterocycles. The molecular formula is C26H31N3O4S. The molecule has 8 heteroatoms. The molecule has 0 radical (unpaired) electrons. The van der Waals surface area contributed by atoms with Crippen LogP contribution in [0.4, 0.5) is 5.69 Å². The molecule has 0 saturated carbocycles. The number of hydrogen-bond donors (Lipinski definition) is 1. The summed E-state index contributed by atoms with van der Waals surface area (Å²) in [5.74, 6) is 0.620. The SMILES string of the molecule is COc1ccccc1N1CCN(C(=O)C2C=CC(NS(=O)(=O)c3cc(C)cc(C)c3)=CC2)CC1. The lowest BCUT2D eigenvalue weighted by Gasteiger charge is -2.37. The molecule has 180 valence electrons. The summed E-state index contributed by atoms with van der Waals surface area (Å²) in [6, 6.07) is 13.1. The van der Waals surface area contributed by atoms with Crippen LogP contribution in [0.2, 0.25) is 0 Å². The monoisotopic (exact) mass is 481 g/mol. The first-order valence-electron chi connectivity index (χ1n) is 11.4. The van der Waals surface area contributed by atoms with Gasteiger partial charge in [-0.15, -0.1) is 0 Å². The predicted octanol–water partition coefficient (Wildman–Crippen LogP) is 3.40. The van der Waals surface area contributed by atoms with E-state index < -0.39 is 10.0 Å².